The van der Waals surface area contributed by atoms with E-state index in [4.69, 9.17) is 9.72 Å². The average Bonchev–Trinajstić information content (AvgIpc) is 2.88. The molecule has 3 heterocycles. The Morgan fingerprint density at radius 2 is 1.76 bits per heavy atom. The zero-order valence-electron chi connectivity index (χ0n) is 19.4. The summed E-state index contributed by atoms with van der Waals surface area (Å²) in [6.45, 7) is 9.54. The lowest BCUT2D eigenvalue weighted by Crippen LogP contribution is -2.51. The van der Waals surface area contributed by atoms with Crippen LogP contribution in [-0.4, -0.2) is 92.6 Å². The Bertz CT molecular complexity index is 914. The smallest absolute Gasteiger partial charge is 0.236 e. The van der Waals surface area contributed by atoms with Crippen LogP contribution in [0.1, 0.15) is 6.92 Å². The number of carbonyl (C=O) groups excluding carboxylic acids is 1. The molecule has 4 rings (SSSR count). The molecule has 0 radical (unpaired) electrons. The topological polar surface area (TPSA) is 85.9 Å². The maximum absolute atomic E-state index is 12.3. The lowest BCUT2D eigenvalue weighted by Gasteiger charge is -2.35. The van der Waals surface area contributed by atoms with Gasteiger partial charge in [-0.2, -0.15) is 0 Å². The highest BCUT2D eigenvalue weighted by Gasteiger charge is 2.22. The van der Waals surface area contributed by atoms with Crippen molar-refractivity contribution in [2.24, 2.45) is 0 Å². The Hall–Kier alpha value is -2.56. The van der Waals surface area contributed by atoms with E-state index in [1.54, 1.807) is 0 Å². The lowest BCUT2D eigenvalue weighted by molar-refractivity contribution is -0.130. The Kier molecular flexibility index (Phi) is 8.25. The Morgan fingerprint density at radius 1 is 1.03 bits per heavy atom. The first-order chi connectivity index (χ1) is 16.2. The van der Waals surface area contributed by atoms with Crippen molar-refractivity contribution in [3.63, 3.8) is 0 Å². The van der Waals surface area contributed by atoms with E-state index in [0.29, 0.717) is 19.6 Å². The molecule has 0 bridgehead atoms. The number of hydrogen-bond acceptors (Lipinski definition) is 9. The van der Waals surface area contributed by atoms with Crippen molar-refractivity contribution >= 4 is 40.7 Å². The summed E-state index contributed by atoms with van der Waals surface area (Å²) in [5.41, 5.74) is 2.20. The quantitative estimate of drug-likeness (QED) is 0.444. The molecule has 33 heavy (non-hydrogen) atoms. The summed E-state index contributed by atoms with van der Waals surface area (Å²) in [4.78, 5) is 28.1. The number of hydrogen-bond donors (Lipinski definition) is 2. The van der Waals surface area contributed by atoms with Crippen molar-refractivity contribution in [2.75, 3.05) is 86.9 Å². The minimum absolute atomic E-state index is 0.159. The van der Waals surface area contributed by atoms with Gasteiger partial charge in [-0.25, -0.2) is 9.97 Å². The standard InChI is InChI=1S/C23H33N7O2S/c1-3-24-17-22(31)30-10-8-29(9-11-30)21-16-20(26-23(27-21)33-2)25-18-4-6-19(7-5-18)28-12-14-32-15-13-28/h4-7,16,24H,3,8-15,17H2,1-2H3,(H,25,26,27). The van der Waals surface area contributed by atoms with Gasteiger partial charge in [-0.05, 0) is 37.1 Å². The van der Waals surface area contributed by atoms with Crippen LogP contribution in [-0.2, 0) is 9.53 Å². The number of aromatic nitrogens is 2. The van der Waals surface area contributed by atoms with E-state index in [-0.39, 0.29) is 5.91 Å². The lowest BCUT2D eigenvalue weighted by atomic mass is 10.2. The first kappa shape index (κ1) is 23.6. The van der Waals surface area contributed by atoms with Gasteiger partial charge in [-0.15, -0.1) is 0 Å². The summed E-state index contributed by atoms with van der Waals surface area (Å²) in [6, 6.07) is 10.4. The molecule has 1 aromatic heterocycles. The fraction of sp³-hybridized carbons (Fsp3) is 0.522. The molecule has 2 aliphatic heterocycles. The molecule has 0 spiro atoms. The molecular weight excluding hydrogens is 438 g/mol. The zero-order valence-corrected chi connectivity index (χ0v) is 20.2. The van der Waals surface area contributed by atoms with Gasteiger partial charge < -0.3 is 30.1 Å². The third kappa shape index (κ3) is 6.27. The van der Waals surface area contributed by atoms with Gasteiger partial charge in [0.15, 0.2) is 5.16 Å². The second kappa shape index (κ2) is 11.5. The highest BCUT2D eigenvalue weighted by molar-refractivity contribution is 7.98. The van der Waals surface area contributed by atoms with Crippen LogP contribution in [0, 0.1) is 0 Å². The number of piperazine rings is 1. The molecule has 0 saturated carbocycles. The molecule has 178 valence electrons. The third-order valence-electron chi connectivity index (χ3n) is 5.87. The third-order valence-corrected chi connectivity index (χ3v) is 6.42. The monoisotopic (exact) mass is 471 g/mol. The van der Waals surface area contributed by atoms with E-state index in [1.807, 2.05) is 24.1 Å². The van der Waals surface area contributed by atoms with Crippen LogP contribution in [0.3, 0.4) is 0 Å². The van der Waals surface area contributed by atoms with E-state index < -0.39 is 0 Å². The summed E-state index contributed by atoms with van der Waals surface area (Å²) >= 11 is 1.53. The van der Waals surface area contributed by atoms with Crippen molar-refractivity contribution in [2.45, 2.75) is 12.1 Å². The molecule has 2 aromatic rings. The first-order valence-corrected chi connectivity index (χ1v) is 12.7. The molecule has 0 atom stereocenters. The molecule has 2 N–H and O–H groups in total. The minimum atomic E-state index is 0.159. The van der Waals surface area contributed by atoms with Crippen LogP contribution in [0.2, 0.25) is 0 Å². The highest BCUT2D eigenvalue weighted by Crippen LogP contribution is 2.25. The van der Waals surface area contributed by atoms with Crippen LogP contribution in [0.4, 0.5) is 23.0 Å². The van der Waals surface area contributed by atoms with Gasteiger partial charge in [-0.3, -0.25) is 4.79 Å². The SMILES string of the molecule is CCNCC(=O)N1CCN(c2cc(Nc3ccc(N4CCOCC4)cc3)nc(SC)n2)CC1. The van der Waals surface area contributed by atoms with E-state index in [2.05, 4.69) is 49.7 Å². The number of rotatable bonds is 8. The Balaban J connectivity index is 1.40. The fourth-order valence-corrected chi connectivity index (χ4v) is 4.36. The second-order valence-corrected chi connectivity index (χ2v) is 8.79. The van der Waals surface area contributed by atoms with E-state index in [1.165, 1.54) is 17.4 Å². The molecule has 2 saturated heterocycles. The number of nitrogens with zero attached hydrogens (tertiary/aromatic N) is 5. The normalized spacial score (nSPS) is 16.7. The summed E-state index contributed by atoms with van der Waals surface area (Å²) in [7, 11) is 0. The molecule has 0 aliphatic carbocycles. The summed E-state index contributed by atoms with van der Waals surface area (Å²) < 4.78 is 5.44. The summed E-state index contributed by atoms with van der Waals surface area (Å²) in [5, 5.41) is 7.27. The van der Waals surface area contributed by atoms with Gasteiger partial charge in [-0.1, -0.05) is 18.7 Å². The number of nitrogens with one attached hydrogen (secondary N) is 2. The summed E-state index contributed by atoms with van der Waals surface area (Å²) in [6.07, 6.45) is 1.98. The number of amides is 1. The molecule has 1 aromatic carbocycles. The van der Waals surface area contributed by atoms with Crippen molar-refractivity contribution in [3.8, 4) is 0 Å². The second-order valence-electron chi connectivity index (χ2n) is 8.02. The van der Waals surface area contributed by atoms with E-state index >= 15 is 0 Å². The molecule has 2 aliphatic rings. The maximum Gasteiger partial charge on any atom is 0.236 e. The fourth-order valence-electron chi connectivity index (χ4n) is 3.98. The van der Waals surface area contributed by atoms with Gasteiger partial charge in [0.2, 0.25) is 5.91 Å². The zero-order chi connectivity index (χ0) is 23.0. The van der Waals surface area contributed by atoms with Crippen molar-refractivity contribution in [3.05, 3.63) is 30.3 Å². The number of morpholine rings is 1. The number of benzene rings is 1. The number of carbonyl (C=O) groups is 1. The predicted octanol–water partition coefficient (Wildman–Crippen LogP) is 2.04. The van der Waals surface area contributed by atoms with Gasteiger partial charge in [0.25, 0.3) is 0 Å². The molecule has 0 unspecified atom stereocenters. The average molecular weight is 472 g/mol. The molecule has 2 fully saturated rings. The van der Waals surface area contributed by atoms with Gasteiger partial charge in [0, 0.05) is 56.7 Å². The van der Waals surface area contributed by atoms with Crippen molar-refractivity contribution in [1.82, 2.24) is 20.2 Å². The van der Waals surface area contributed by atoms with E-state index in [0.717, 1.165) is 68.4 Å². The van der Waals surface area contributed by atoms with Crippen LogP contribution in [0.25, 0.3) is 0 Å². The maximum atomic E-state index is 12.3. The number of anilines is 4. The molecule has 9 nitrogen and oxygen atoms in total. The van der Waals surface area contributed by atoms with Gasteiger partial charge >= 0.3 is 0 Å². The number of ether oxygens (including phenoxy) is 1. The largest absolute Gasteiger partial charge is 0.378 e. The summed E-state index contributed by atoms with van der Waals surface area (Å²) in [5.74, 6) is 1.82. The van der Waals surface area contributed by atoms with Gasteiger partial charge in [0.05, 0.1) is 19.8 Å². The van der Waals surface area contributed by atoms with Crippen LogP contribution in [0.15, 0.2) is 35.5 Å². The highest BCUT2D eigenvalue weighted by atomic mass is 32.2. The van der Waals surface area contributed by atoms with Crippen LogP contribution in [0.5, 0.6) is 0 Å². The molecule has 10 heteroatoms. The van der Waals surface area contributed by atoms with Crippen LogP contribution < -0.4 is 20.4 Å². The van der Waals surface area contributed by atoms with Crippen LogP contribution >= 0.6 is 11.8 Å². The van der Waals surface area contributed by atoms with Crippen molar-refractivity contribution in [1.29, 1.82) is 0 Å². The van der Waals surface area contributed by atoms with Gasteiger partial charge in [0.1, 0.15) is 11.6 Å². The van der Waals surface area contributed by atoms with Crippen molar-refractivity contribution < 1.29 is 9.53 Å². The first-order valence-electron chi connectivity index (χ1n) is 11.5. The number of likely N-dealkylation sites (N-methyl/N-ethyl adjacent to an activating group) is 1. The molecule has 1 amide bonds. The minimum Gasteiger partial charge on any atom is -0.378 e. The Morgan fingerprint density at radius 3 is 2.42 bits per heavy atom. The Labute approximate surface area is 199 Å². The predicted molar refractivity (Wildman–Crippen MR) is 134 cm³/mol. The number of thioether (sulfide) groups is 1. The molecular formula is C23H33N7O2S. The van der Waals surface area contributed by atoms with E-state index in [9.17, 15) is 4.79 Å².